The highest BCUT2D eigenvalue weighted by molar-refractivity contribution is 5.41. The first-order chi connectivity index (χ1) is 13.2. The largest absolute Gasteiger partial charge is 0.485 e. The Morgan fingerprint density at radius 1 is 1.00 bits per heavy atom. The van der Waals surface area contributed by atoms with E-state index in [4.69, 9.17) is 9.47 Å². The summed E-state index contributed by atoms with van der Waals surface area (Å²) in [5, 5.41) is 0. The summed E-state index contributed by atoms with van der Waals surface area (Å²) in [5.41, 5.74) is 3.01. The molecule has 2 aromatic carbocycles. The molecule has 5 rings (SSSR count). The molecule has 2 saturated heterocycles. The van der Waals surface area contributed by atoms with Gasteiger partial charge in [-0.05, 0) is 56.1 Å². The normalized spacial score (nSPS) is 28.1. The number of fused-ring (bicyclic) bond motifs is 1. The van der Waals surface area contributed by atoms with Crippen molar-refractivity contribution in [3.05, 3.63) is 59.7 Å². The Kier molecular flexibility index (Phi) is 4.33. The predicted molar refractivity (Wildman–Crippen MR) is 106 cm³/mol. The van der Waals surface area contributed by atoms with E-state index in [9.17, 15) is 0 Å². The topological polar surface area (TPSA) is 24.9 Å². The molecule has 2 unspecified atom stereocenters. The summed E-state index contributed by atoms with van der Waals surface area (Å²) in [6.45, 7) is 5.29. The van der Waals surface area contributed by atoms with Gasteiger partial charge in [-0.25, -0.2) is 0 Å². The fourth-order valence-corrected chi connectivity index (χ4v) is 4.94. The van der Waals surface area contributed by atoms with Gasteiger partial charge in [-0.2, -0.15) is 0 Å². The van der Waals surface area contributed by atoms with Crippen LogP contribution in [0.5, 0.6) is 11.5 Å². The molecule has 3 aliphatic heterocycles. The minimum atomic E-state index is -0.0313. The summed E-state index contributed by atoms with van der Waals surface area (Å²) in [5.74, 6) is 1.67. The van der Waals surface area contributed by atoms with Crippen molar-refractivity contribution in [3.63, 3.8) is 0 Å². The lowest BCUT2D eigenvalue weighted by atomic mass is 9.96. The first kappa shape index (κ1) is 17.1. The molecule has 1 spiro atoms. The summed E-state index contributed by atoms with van der Waals surface area (Å²) in [6.07, 6.45) is 4.00. The average Bonchev–Trinajstić information content (AvgIpc) is 3.28. The van der Waals surface area contributed by atoms with E-state index in [2.05, 4.69) is 41.1 Å². The van der Waals surface area contributed by atoms with E-state index in [1.807, 2.05) is 24.3 Å². The molecule has 0 aromatic heterocycles. The fraction of sp³-hybridized carbons (Fsp3) is 0.478. The van der Waals surface area contributed by atoms with Crippen molar-refractivity contribution in [2.45, 2.75) is 37.5 Å². The molecule has 0 amide bonds. The maximum absolute atomic E-state index is 6.13. The number of ether oxygens (including phenoxy) is 2. The van der Waals surface area contributed by atoms with Gasteiger partial charge in [0, 0.05) is 25.2 Å². The molecule has 3 heterocycles. The number of likely N-dealkylation sites (tertiary alicyclic amines) is 2. The van der Waals surface area contributed by atoms with E-state index in [0.717, 1.165) is 18.0 Å². The van der Waals surface area contributed by atoms with Crippen molar-refractivity contribution >= 4 is 0 Å². The molecule has 0 bridgehead atoms. The first-order valence-corrected chi connectivity index (χ1v) is 10.1. The van der Waals surface area contributed by atoms with Crippen molar-refractivity contribution < 1.29 is 9.47 Å². The Morgan fingerprint density at radius 3 is 2.59 bits per heavy atom. The van der Waals surface area contributed by atoms with E-state index in [-0.39, 0.29) is 6.10 Å². The highest BCUT2D eigenvalue weighted by atomic mass is 16.6. The van der Waals surface area contributed by atoms with E-state index >= 15 is 0 Å². The van der Waals surface area contributed by atoms with Gasteiger partial charge in [0.2, 0.25) is 0 Å². The van der Waals surface area contributed by atoms with Crippen molar-refractivity contribution in [2.24, 2.45) is 0 Å². The zero-order valence-corrected chi connectivity index (χ0v) is 16.1. The van der Waals surface area contributed by atoms with Crippen LogP contribution in [-0.4, -0.2) is 48.6 Å². The monoisotopic (exact) mass is 364 g/mol. The third kappa shape index (κ3) is 3.21. The molecule has 3 aliphatic rings. The van der Waals surface area contributed by atoms with Gasteiger partial charge in [0.15, 0.2) is 17.6 Å². The lowest BCUT2D eigenvalue weighted by Gasteiger charge is -2.32. The average molecular weight is 364 g/mol. The maximum atomic E-state index is 6.13. The smallest absolute Gasteiger partial charge is 0.162 e. The minimum Gasteiger partial charge on any atom is -0.485 e. The van der Waals surface area contributed by atoms with E-state index in [1.54, 1.807) is 0 Å². The van der Waals surface area contributed by atoms with Crippen LogP contribution in [0, 0.1) is 0 Å². The molecule has 0 aliphatic carbocycles. The van der Waals surface area contributed by atoms with Crippen LogP contribution < -0.4 is 9.47 Å². The van der Waals surface area contributed by atoms with Gasteiger partial charge < -0.3 is 9.47 Å². The van der Waals surface area contributed by atoms with Gasteiger partial charge in [0.25, 0.3) is 0 Å². The van der Waals surface area contributed by atoms with Gasteiger partial charge >= 0.3 is 0 Å². The second kappa shape index (κ2) is 6.84. The standard InChI is InChI=1S/C23H28N2O2/c1-24-13-4-11-23(24)12-14-25(17-23)15-18-7-9-19(10-8-18)22-16-26-20-5-2-3-6-21(20)27-22/h2-3,5-10,22H,4,11-17H2,1H3. The Balaban J connectivity index is 1.23. The molecular formula is C23H28N2O2. The predicted octanol–water partition coefficient (Wildman–Crippen LogP) is 3.87. The quantitative estimate of drug-likeness (QED) is 0.825. The Morgan fingerprint density at radius 2 is 1.81 bits per heavy atom. The van der Waals surface area contributed by atoms with Crippen molar-refractivity contribution in [2.75, 3.05) is 33.3 Å². The van der Waals surface area contributed by atoms with Crippen LogP contribution in [0.15, 0.2) is 48.5 Å². The van der Waals surface area contributed by atoms with Crippen LogP contribution in [0.4, 0.5) is 0 Å². The lowest BCUT2D eigenvalue weighted by molar-refractivity contribution is 0.0913. The molecule has 0 saturated carbocycles. The van der Waals surface area contributed by atoms with E-state index in [1.165, 1.54) is 50.0 Å². The van der Waals surface area contributed by atoms with E-state index in [0.29, 0.717) is 12.1 Å². The fourth-order valence-electron chi connectivity index (χ4n) is 4.94. The van der Waals surface area contributed by atoms with Crippen LogP contribution in [0.3, 0.4) is 0 Å². The van der Waals surface area contributed by atoms with Crippen molar-refractivity contribution in [1.82, 2.24) is 9.80 Å². The number of likely N-dealkylation sites (N-methyl/N-ethyl adjacent to an activating group) is 1. The van der Waals surface area contributed by atoms with Crippen LogP contribution in [-0.2, 0) is 6.54 Å². The summed E-state index contributed by atoms with van der Waals surface area (Å²) in [4.78, 5) is 5.21. The number of nitrogens with zero attached hydrogens (tertiary/aromatic N) is 2. The van der Waals surface area contributed by atoms with E-state index < -0.39 is 0 Å². The molecule has 27 heavy (non-hydrogen) atoms. The Bertz CT molecular complexity index is 806. The molecule has 2 aromatic rings. The molecule has 142 valence electrons. The second-order valence-electron chi connectivity index (χ2n) is 8.32. The molecule has 0 radical (unpaired) electrons. The van der Waals surface area contributed by atoms with Crippen LogP contribution in [0.1, 0.15) is 36.5 Å². The molecule has 0 N–H and O–H groups in total. The van der Waals surface area contributed by atoms with Crippen molar-refractivity contribution in [3.8, 4) is 11.5 Å². The van der Waals surface area contributed by atoms with Gasteiger partial charge in [-0.15, -0.1) is 0 Å². The number of para-hydroxylation sites is 2. The molecule has 4 nitrogen and oxygen atoms in total. The minimum absolute atomic E-state index is 0.0313. The highest BCUT2D eigenvalue weighted by Crippen LogP contribution is 2.38. The lowest BCUT2D eigenvalue weighted by Crippen LogP contribution is -2.43. The number of hydrogen-bond donors (Lipinski definition) is 0. The molecular weight excluding hydrogens is 336 g/mol. The summed E-state index contributed by atoms with van der Waals surface area (Å²) in [7, 11) is 2.30. The third-order valence-corrected chi connectivity index (χ3v) is 6.62. The Labute approximate surface area is 161 Å². The number of benzene rings is 2. The van der Waals surface area contributed by atoms with Crippen LogP contribution >= 0.6 is 0 Å². The SMILES string of the molecule is CN1CCCC12CCN(Cc1ccc(C3COc4ccccc4O3)cc1)C2. The van der Waals surface area contributed by atoms with Gasteiger partial charge in [-0.1, -0.05) is 36.4 Å². The van der Waals surface area contributed by atoms with Gasteiger partial charge in [-0.3, -0.25) is 9.80 Å². The summed E-state index contributed by atoms with van der Waals surface area (Å²) < 4.78 is 12.0. The zero-order chi connectivity index (χ0) is 18.3. The van der Waals surface area contributed by atoms with Gasteiger partial charge in [0.05, 0.1) is 0 Å². The zero-order valence-electron chi connectivity index (χ0n) is 16.1. The Hall–Kier alpha value is -2.04. The van der Waals surface area contributed by atoms with Crippen LogP contribution in [0.2, 0.25) is 0 Å². The molecule has 2 fully saturated rings. The number of hydrogen-bond acceptors (Lipinski definition) is 4. The molecule has 2 atom stereocenters. The number of rotatable bonds is 3. The maximum Gasteiger partial charge on any atom is 0.162 e. The summed E-state index contributed by atoms with van der Waals surface area (Å²) >= 11 is 0. The molecule has 4 heteroatoms. The third-order valence-electron chi connectivity index (χ3n) is 6.62. The summed E-state index contributed by atoms with van der Waals surface area (Å²) in [6, 6.07) is 16.8. The first-order valence-electron chi connectivity index (χ1n) is 10.1. The second-order valence-corrected chi connectivity index (χ2v) is 8.32. The highest BCUT2D eigenvalue weighted by Gasteiger charge is 2.43. The van der Waals surface area contributed by atoms with Crippen molar-refractivity contribution in [1.29, 1.82) is 0 Å². The van der Waals surface area contributed by atoms with Crippen LogP contribution in [0.25, 0.3) is 0 Å². The van der Waals surface area contributed by atoms with Gasteiger partial charge in [0.1, 0.15) is 6.61 Å².